The topological polar surface area (TPSA) is 90.0 Å². The molecule has 2 amide bonds. The first-order valence-electron chi connectivity index (χ1n) is 11.1. The van der Waals surface area contributed by atoms with Crippen molar-refractivity contribution >= 4 is 39.5 Å². The highest BCUT2D eigenvalue weighted by Gasteiger charge is 2.33. The number of nitrogens with one attached hydrogen (secondary N) is 1. The van der Waals surface area contributed by atoms with Crippen LogP contribution in [0.15, 0.2) is 54.6 Å². The summed E-state index contributed by atoms with van der Waals surface area (Å²) in [6.07, 6.45) is 3.12. The number of amides is 2. The third-order valence-electron chi connectivity index (χ3n) is 6.54. The van der Waals surface area contributed by atoms with Gasteiger partial charge in [-0.3, -0.25) is 23.8 Å². The van der Waals surface area contributed by atoms with E-state index in [1.807, 2.05) is 36.4 Å². The van der Waals surface area contributed by atoms with Crippen LogP contribution in [-0.2, 0) is 24.2 Å². The lowest BCUT2D eigenvalue weighted by atomic mass is 9.93. The van der Waals surface area contributed by atoms with Crippen molar-refractivity contribution in [2.75, 3.05) is 24.4 Å². The second-order valence-corrected chi connectivity index (χ2v) is 9.20. The molecule has 3 aromatic carbocycles. The summed E-state index contributed by atoms with van der Waals surface area (Å²) >= 11 is -2.27. The summed E-state index contributed by atoms with van der Waals surface area (Å²) in [7, 11) is 0. The molecule has 0 radical (unpaired) electrons. The summed E-state index contributed by atoms with van der Waals surface area (Å²) in [6.45, 7) is 3.02. The second-order valence-electron chi connectivity index (χ2n) is 8.50. The van der Waals surface area contributed by atoms with E-state index in [2.05, 4.69) is 9.62 Å². The average Bonchev–Trinajstić information content (AvgIpc) is 3.33. The molecule has 2 heterocycles. The number of imide groups is 1. The van der Waals surface area contributed by atoms with Gasteiger partial charge in [-0.05, 0) is 67.1 Å². The summed E-state index contributed by atoms with van der Waals surface area (Å²) in [5.74, 6) is -0.704. The predicted molar refractivity (Wildman–Crippen MR) is 128 cm³/mol. The molecule has 8 heteroatoms. The molecule has 2 N–H and O–H groups in total. The molecule has 2 aliphatic rings. The van der Waals surface area contributed by atoms with Crippen molar-refractivity contribution in [1.82, 2.24) is 9.80 Å². The lowest BCUT2D eigenvalue weighted by Crippen LogP contribution is -2.40. The third-order valence-corrected chi connectivity index (χ3v) is 6.93. The third kappa shape index (κ3) is 4.17. The first kappa shape index (κ1) is 21.8. The van der Waals surface area contributed by atoms with Gasteiger partial charge in [0, 0.05) is 23.1 Å². The minimum Gasteiger partial charge on any atom is -0.303 e. The van der Waals surface area contributed by atoms with Crippen LogP contribution in [0.1, 0.15) is 44.7 Å². The van der Waals surface area contributed by atoms with Crippen LogP contribution in [0.3, 0.4) is 0 Å². The number of hydrogen-bond acceptors (Lipinski definition) is 4. The van der Waals surface area contributed by atoms with E-state index in [0.29, 0.717) is 27.8 Å². The van der Waals surface area contributed by atoms with E-state index in [1.165, 1.54) is 17.7 Å². The zero-order valence-electron chi connectivity index (χ0n) is 18.1. The Morgan fingerprint density at radius 2 is 1.55 bits per heavy atom. The van der Waals surface area contributed by atoms with Crippen LogP contribution in [0.2, 0.25) is 0 Å². The van der Waals surface area contributed by atoms with Crippen molar-refractivity contribution in [2.24, 2.45) is 0 Å². The van der Waals surface area contributed by atoms with Gasteiger partial charge in [0.05, 0.1) is 12.2 Å². The van der Waals surface area contributed by atoms with Crippen LogP contribution < -0.4 is 4.72 Å². The van der Waals surface area contributed by atoms with Crippen LogP contribution in [0.5, 0.6) is 0 Å². The number of nitrogens with zero attached hydrogens (tertiary/aromatic N) is 2. The maximum absolute atomic E-state index is 13.4. The van der Waals surface area contributed by atoms with Crippen molar-refractivity contribution in [3.05, 3.63) is 76.9 Å². The molecule has 5 rings (SSSR count). The number of hydrogen-bond donors (Lipinski definition) is 2. The average molecular weight is 464 g/mol. The van der Waals surface area contributed by atoms with Crippen LogP contribution in [-0.4, -0.2) is 50.0 Å². The van der Waals surface area contributed by atoms with Crippen LogP contribution >= 0.6 is 0 Å². The number of likely N-dealkylation sites (tertiary alicyclic amines) is 1. The fourth-order valence-corrected chi connectivity index (χ4v) is 5.29. The first-order valence-corrected chi connectivity index (χ1v) is 12.2. The Bertz CT molecular complexity index is 1220. The minimum atomic E-state index is -2.27. The molecular weight excluding hydrogens is 438 g/mol. The normalized spacial score (nSPS) is 17.1. The largest absolute Gasteiger partial charge is 0.303 e. The number of carbonyl (C=O) groups is 2. The summed E-state index contributed by atoms with van der Waals surface area (Å²) in [5.41, 5.74) is 3.09. The van der Waals surface area contributed by atoms with Crippen molar-refractivity contribution in [3.63, 3.8) is 0 Å². The van der Waals surface area contributed by atoms with E-state index in [0.717, 1.165) is 37.0 Å². The summed E-state index contributed by atoms with van der Waals surface area (Å²) < 4.78 is 23.6. The molecular formula is C25H25N3O4S. The molecule has 1 atom stereocenters. The molecule has 0 aliphatic carbocycles. The quantitative estimate of drug-likeness (QED) is 0.411. The van der Waals surface area contributed by atoms with Crippen molar-refractivity contribution in [1.29, 1.82) is 0 Å². The smallest absolute Gasteiger partial charge is 0.261 e. The number of anilines is 1. The van der Waals surface area contributed by atoms with E-state index in [4.69, 9.17) is 0 Å². The molecule has 33 heavy (non-hydrogen) atoms. The van der Waals surface area contributed by atoms with Gasteiger partial charge in [-0.2, -0.15) is 0 Å². The lowest BCUT2D eigenvalue weighted by molar-refractivity contribution is 0.0598. The van der Waals surface area contributed by atoms with Gasteiger partial charge in [-0.15, -0.1) is 0 Å². The van der Waals surface area contributed by atoms with Crippen molar-refractivity contribution in [3.8, 4) is 0 Å². The van der Waals surface area contributed by atoms with Gasteiger partial charge >= 0.3 is 0 Å². The highest BCUT2D eigenvalue weighted by Crippen LogP contribution is 2.32. The standard InChI is InChI=1S/C25H25N3O4S/c29-24-19-9-3-7-18-8-4-10-20(23(18)19)25(30)28(24)16-21-17(12-15-27-13-1-2-14-27)6-5-11-22(21)26-33(31)32/h3-11,26H,1-2,12-16H2,(H,31,32). The summed E-state index contributed by atoms with van der Waals surface area (Å²) in [4.78, 5) is 30.4. The monoisotopic (exact) mass is 463 g/mol. The minimum absolute atomic E-state index is 0.0259. The van der Waals surface area contributed by atoms with Gasteiger partial charge in [0.1, 0.15) is 0 Å². The van der Waals surface area contributed by atoms with Crippen LogP contribution in [0.25, 0.3) is 10.8 Å². The van der Waals surface area contributed by atoms with E-state index in [-0.39, 0.29) is 18.4 Å². The van der Waals surface area contributed by atoms with Gasteiger partial charge in [-0.1, -0.05) is 36.4 Å². The molecule has 1 unspecified atom stereocenters. The summed E-state index contributed by atoms with van der Waals surface area (Å²) in [6, 6.07) is 16.4. The van der Waals surface area contributed by atoms with Gasteiger partial charge < -0.3 is 4.90 Å². The molecule has 7 nitrogen and oxygen atoms in total. The van der Waals surface area contributed by atoms with E-state index in [1.54, 1.807) is 18.2 Å². The fourth-order valence-electron chi connectivity index (χ4n) is 4.91. The highest BCUT2D eigenvalue weighted by atomic mass is 32.2. The van der Waals surface area contributed by atoms with Gasteiger partial charge in [0.25, 0.3) is 23.1 Å². The number of carbonyl (C=O) groups excluding carboxylic acids is 2. The zero-order valence-corrected chi connectivity index (χ0v) is 18.9. The molecule has 0 spiro atoms. The van der Waals surface area contributed by atoms with E-state index >= 15 is 0 Å². The predicted octanol–water partition coefficient (Wildman–Crippen LogP) is 3.82. The molecule has 0 saturated carbocycles. The maximum atomic E-state index is 13.4. The van der Waals surface area contributed by atoms with Crippen molar-refractivity contribution < 1.29 is 18.4 Å². The molecule has 1 fully saturated rings. The van der Waals surface area contributed by atoms with Gasteiger partial charge in [-0.25, -0.2) is 4.21 Å². The first-order chi connectivity index (χ1) is 16.0. The SMILES string of the molecule is O=C1c2cccc3cccc(c23)C(=O)N1Cc1c(CCN2CCCC2)cccc1NS(=O)O. The molecule has 1 saturated heterocycles. The van der Waals surface area contributed by atoms with Crippen LogP contribution in [0, 0.1) is 0 Å². The second kappa shape index (κ2) is 9.05. The Morgan fingerprint density at radius 3 is 2.18 bits per heavy atom. The number of rotatable bonds is 7. The van der Waals surface area contributed by atoms with E-state index in [9.17, 15) is 18.4 Å². The Labute approximate surface area is 194 Å². The fraction of sp³-hybridized carbons (Fsp3) is 0.280. The van der Waals surface area contributed by atoms with Crippen LogP contribution in [0.4, 0.5) is 5.69 Å². The van der Waals surface area contributed by atoms with Crippen molar-refractivity contribution in [2.45, 2.75) is 25.8 Å². The highest BCUT2D eigenvalue weighted by molar-refractivity contribution is 7.80. The Kier molecular flexibility index (Phi) is 5.97. The lowest BCUT2D eigenvalue weighted by Gasteiger charge is -2.29. The molecule has 3 aromatic rings. The maximum Gasteiger partial charge on any atom is 0.261 e. The molecule has 170 valence electrons. The summed E-state index contributed by atoms with van der Waals surface area (Å²) in [5, 5.41) is 1.54. The van der Waals surface area contributed by atoms with Gasteiger partial charge in [0.15, 0.2) is 0 Å². The number of benzene rings is 3. The van der Waals surface area contributed by atoms with E-state index < -0.39 is 11.3 Å². The molecule has 0 bridgehead atoms. The Hall–Kier alpha value is -3.07. The Balaban J connectivity index is 1.51. The zero-order chi connectivity index (χ0) is 22.9. The van der Waals surface area contributed by atoms with Gasteiger partial charge in [0.2, 0.25) is 0 Å². The Morgan fingerprint density at radius 1 is 0.909 bits per heavy atom. The molecule has 0 aromatic heterocycles. The molecule has 2 aliphatic heterocycles.